The Morgan fingerprint density at radius 3 is 2.79 bits per heavy atom. The highest BCUT2D eigenvalue weighted by atomic mass is 16.4. The SMILES string of the molecule is O=C(O)C1CNCC(=O)N(C2CC2)C1. The van der Waals surface area contributed by atoms with E-state index < -0.39 is 11.9 Å². The third-order valence-corrected chi connectivity index (χ3v) is 2.74. The third kappa shape index (κ3) is 1.87. The molecule has 14 heavy (non-hydrogen) atoms. The summed E-state index contributed by atoms with van der Waals surface area (Å²) in [4.78, 5) is 24.1. The van der Waals surface area contributed by atoms with Gasteiger partial charge in [-0.15, -0.1) is 0 Å². The van der Waals surface area contributed by atoms with Crippen molar-refractivity contribution in [1.82, 2.24) is 10.2 Å². The number of carboxylic acids is 1. The number of carbonyl (C=O) groups excluding carboxylic acids is 1. The quantitative estimate of drug-likeness (QED) is 0.614. The van der Waals surface area contributed by atoms with Crippen molar-refractivity contribution in [2.75, 3.05) is 19.6 Å². The summed E-state index contributed by atoms with van der Waals surface area (Å²) in [6.45, 7) is 1.04. The third-order valence-electron chi connectivity index (χ3n) is 2.74. The van der Waals surface area contributed by atoms with E-state index in [-0.39, 0.29) is 12.5 Å². The summed E-state index contributed by atoms with van der Waals surface area (Å²) in [5.74, 6) is -1.24. The molecule has 1 aliphatic carbocycles. The first-order chi connectivity index (χ1) is 6.68. The van der Waals surface area contributed by atoms with E-state index in [4.69, 9.17) is 5.11 Å². The summed E-state index contributed by atoms with van der Waals surface area (Å²) in [6.07, 6.45) is 2.05. The predicted octanol–water partition coefficient (Wildman–Crippen LogP) is -0.719. The van der Waals surface area contributed by atoms with Gasteiger partial charge in [0.15, 0.2) is 0 Å². The van der Waals surface area contributed by atoms with Gasteiger partial charge < -0.3 is 15.3 Å². The van der Waals surface area contributed by atoms with Crippen LogP contribution in [-0.2, 0) is 9.59 Å². The van der Waals surface area contributed by atoms with Gasteiger partial charge in [-0.1, -0.05) is 0 Å². The highest BCUT2D eigenvalue weighted by Gasteiger charge is 2.36. The van der Waals surface area contributed by atoms with Gasteiger partial charge in [0.2, 0.25) is 5.91 Å². The van der Waals surface area contributed by atoms with Crippen LogP contribution in [0, 0.1) is 5.92 Å². The number of carboxylic acid groups (broad SMARTS) is 1. The molecule has 1 amide bonds. The van der Waals surface area contributed by atoms with Crippen molar-refractivity contribution in [1.29, 1.82) is 0 Å². The van der Waals surface area contributed by atoms with Gasteiger partial charge in [-0.3, -0.25) is 9.59 Å². The molecule has 0 aromatic heterocycles. The Kier molecular flexibility index (Phi) is 2.41. The van der Waals surface area contributed by atoms with Crippen molar-refractivity contribution in [2.45, 2.75) is 18.9 Å². The van der Waals surface area contributed by atoms with Crippen LogP contribution in [0.5, 0.6) is 0 Å². The maximum Gasteiger partial charge on any atom is 0.309 e. The largest absolute Gasteiger partial charge is 0.481 e. The molecule has 2 rings (SSSR count). The Morgan fingerprint density at radius 1 is 1.50 bits per heavy atom. The van der Waals surface area contributed by atoms with E-state index in [1.54, 1.807) is 4.90 Å². The van der Waals surface area contributed by atoms with E-state index in [0.717, 1.165) is 12.8 Å². The van der Waals surface area contributed by atoms with Gasteiger partial charge in [0.25, 0.3) is 0 Å². The van der Waals surface area contributed by atoms with E-state index in [1.807, 2.05) is 0 Å². The first kappa shape index (κ1) is 9.45. The number of aliphatic carboxylic acids is 1. The second kappa shape index (κ2) is 3.57. The molecular formula is C9H14N2O3. The lowest BCUT2D eigenvalue weighted by molar-refractivity contribution is -0.142. The average molecular weight is 198 g/mol. The van der Waals surface area contributed by atoms with E-state index in [1.165, 1.54) is 0 Å². The molecule has 2 fully saturated rings. The molecule has 0 radical (unpaired) electrons. The van der Waals surface area contributed by atoms with Gasteiger partial charge in [-0.2, -0.15) is 0 Å². The van der Waals surface area contributed by atoms with Crippen LogP contribution in [0.1, 0.15) is 12.8 Å². The van der Waals surface area contributed by atoms with Gasteiger partial charge in [0, 0.05) is 19.1 Å². The van der Waals surface area contributed by atoms with Crippen molar-refractivity contribution in [3.8, 4) is 0 Å². The van der Waals surface area contributed by atoms with Gasteiger partial charge in [-0.05, 0) is 12.8 Å². The highest BCUT2D eigenvalue weighted by molar-refractivity contribution is 5.81. The lowest BCUT2D eigenvalue weighted by Gasteiger charge is -2.21. The zero-order valence-corrected chi connectivity index (χ0v) is 7.90. The maximum absolute atomic E-state index is 11.5. The van der Waals surface area contributed by atoms with Crippen LogP contribution in [0.15, 0.2) is 0 Å². The van der Waals surface area contributed by atoms with Gasteiger partial charge in [0.05, 0.1) is 12.5 Å². The Morgan fingerprint density at radius 2 is 2.21 bits per heavy atom. The summed E-state index contributed by atoms with van der Waals surface area (Å²) in [6, 6.07) is 0.309. The molecule has 1 atom stereocenters. The fourth-order valence-electron chi connectivity index (χ4n) is 1.76. The molecule has 1 aliphatic heterocycles. The van der Waals surface area contributed by atoms with E-state index in [2.05, 4.69) is 5.32 Å². The number of carbonyl (C=O) groups is 2. The van der Waals surface area contributed by atoms with E-state index in [0.29, 0.717) is 19.1 Å². The molecule has 2 N–H and O–H groups in total. The van der Waals surface area contributed by atoms with Crippen LogP contribution in [0.4, 0.5) is 0 Å². The minimum atomic E-state index is -0.821. The number of amides is 1. The molecule has 1 saturated carbocycles. The van der Waals surface area contributed by atoms with Gasteiger partial charge >= 0.3 is 5.97 Å². The summed E-state index contributed by atoms with van der Waals surface area (Å²) in [5.41, 5.74) is 0. The number of hydrogen-bond acceptors (Lipinski definition) is 3. The van der Waals surface area contributed by atoms with Crippen LogP contribution in [0.2, 0.25) is 0 Å². The minimum Gasteiger partial charge on any atom is -0.481 e. The molecule has 1 heterocycles. The van der Waals surface area contributed by atoms with Crippen molar-refractivity contribution in [2.24, 2.45) is 5.92 Å². The number of nitrogens with zero attached hydrogens (tertiary/aromatic N) is 1. The molecule has 1 saturated heterocycles. The number of nitrogens with one attached hydrogen (secondary N) is 1. The van der Waals surface area contributed by atoms with E-state index in [9.17, 15) is 9.59 Å². The normalized spacial score (nSPS) is 28.7. The molecule has 0 bridgehead atoms. The Bertz CT molecular complexity index is 263. The summed E-state index contributed by atoms with van der Waals surface area (Å²) >= 11 is 0. The molecular weight excluding hydrogens is 184 g/mol. The van der Waals surface area contributed by atoms with Crippen molar-refractivity contribution >= 4 is 11.9 Å². The fourth-order valence-corrected chi connectivity index (χ4v) is 1.76. The minimum absolute atomic E-state index is 0.0382. The molecule has 1 unspecified atom stereocenters. The zero-order valence-electron chi connectivity index (χ0n) is 7.90. The topological polar surface area (TPSA) is 69.6 Å². The predicted molar refractivity (Wildman–Crippen MR) is 48.7 cm³/mol. The first-order valence-corrected chi connectivity index (χ1v) is 4.91. The number of hydrogen-bond donors (Lipinski definition) is 2. The van der Waals surface area contributed by atoms with Crippen LogP contribution in [-0.4, -0.2) is 47.6 Å². The molecule has 0 spiro atoms. The van der Waals surface area contributed by atoms with Crippen LogP contribution in [0.25, 0.3) is 0 Å². The average Bonchev–Trinajstić information content (AvgIpc) is 2.90. The lowest BCUT2D eigenvalue weighted by Crippen LogP contribution is -2.38. The Hall–Kier alpha value is -1.10. The van der Waals surface area contributed by atoms with Crippen LogP contribution in [0.3, 0.4) is 0 Å². The van der Waals surface area contributed by atoms with Gasteiger partial charge in [0.1, 0.15) is 0 Å². The molecule has 78 valence electrons. The van der Waals surface area contributed by atoms with Gasteiger partial charge in [-0.25, -0.2) is 0 Å². The highest BCUT2D eigenvalue weighted by Crippen LogP contribution is 2.28. The van der Waals surface area contributed by atoms with E-state index >= 15 is 0 Å². The second-order valence-electron chi connectivity index (χ2n) is 3.94. The lowest BCUT2D eigenvalue weighted by atomic mass is 10.1. The smallest absolute Gasteiger partial charge is 0.309 e. The number of rotatable bonds is 2. The molecule has 2 aliphatic rings. The molecule has 0 aromatic rings. The monoisotopic (exact) mass is 198 g/mol. The standard InChI is InChI=1S/C9H14N2O3/c12-8-4-10-3-6(9(13)14)5-11(8)7-1-2-7/h6-7,10H,1-5H2,(H,13,14). The summed E-state index contributed by atoms with van der Waals surface area (Å²) < 4.78 is 0. The molecule has 5 heteroatoms. The Labute approximate surface area is 82.1 Å². The molecule has 5 nitrogen and oxygen atoms in total. The van der Waals surface area contributed by atoms with Crippen molar-refractivity contribution in [3.63, 3.8) is 0 Å². The Balaban J connectivity index is 2.05. The van der Waals surface area contributed by atoms with Crippen molar-refractivity contribution in [3.05, 3.63) is 0 Å². The molecule has 0 aromatic carbocycles. The van der Waals surface area contributed by atoms with Crippen LogP contribution < -0.4 is 5.32 Å². The summed E-state index contributed by atoms with van der Waals surface area (Å²) in [5, 5.41) is 11.8. The maximum atomic E-state index is 11.5. The first-order valence-electron chi connectivity index (χ1n) is 4.91. The van der Waals surface area contributed by atoms with Crippen molar-refractivity contribution < 1.29 is 14.7 Å². The second-order valence-corrected chi connectivity index (χ2v) is 3.94. The van der Waals surface area contributed by atoms with Crippen LogP contribution >= 0.6 is 0 Å². The zero-order chi connectivity index (χ0) is 10.1. The summed E-state index contributed by atoms with van der Waals surface area (Å²) in [7, 11) is 0. The fraction of sp³-hybridized carbons (Fsp3) is 0.778.